The third-order valence-corrected chi connectivity index (χ3v) is 4.89. The van der Waals surface area contributed by atoms with E-state index in [9.17, 15) is 9.90 Å². The third kappa shape index (κ3) is 3.05. The SMILES string of the molecule is O=C(NCC1(CBr)CCCC1)c1ccc(O)cc1. The first-order valence-corrected chi connectivity index (χ1v) is 7.41. The number of rotatable bonds is 4. The minimum absolute atomic E-state index is 0.0674. The Morgan fingerprint density at radius 3 is 2.44 bits per heavy atom. The largest absolute Gasteiger partial charge is 0.508 e. The van der Waals surface area contributed by atoms with Crippen molar-refractivity contribution in [3.05, 3.63) is 29.8 Å². The maximum absolute atomic E-state index is 12.0. The van der Waals surface area contributed by atoms with E-state index in [2.05, 4.69) is 21.2 Å². The van der Waals surface area contributed by atoms with E-state index in [0.717, 1.165) is 11.9 Å². The summed E-state index contributed by atoms with van der Waals surface area (Å²) in [5.74, 6) is 0.112. The van der Waals surface area contributed by atoms with E-state index in [4.69, 9.17) is 0 Å². The number of phenolic OH excluding ortho intramolecular Hbond substituents is 1. The lowest BCUT2D eigenvalue weighted by atomic mass is 9.89. The van der Waals surface area contributed by atoms with Crippen molar-refractivity contribution < 1.29 is 9.90 Å². The molecule has 18 heavy (non-hydrogen) atoms. The second-order valence-electron chi connectivity index (χ2n) is 5.07. The highest BCUT2D eigenvalue weighted by Crippen LogP contribution is 2.38. The number of nitrogens with one attached hydrogen (secondary N) is 1. The minimum atomic E-state index is -0.0674. The Hall–Kier alpha value is -1.03. The average Bonchev–Trinajstić information content (AvgIpc) is 2.86. The van der Waals surface area contributed by atoms with Gasteiger partial charge < -0.3 is 10.4 Å². The van der Waals surface area contributed by atoms with E-state index in [1.165, 1.54) is 37.8 Å². The Labute approximate surface area is 116 Å². The van der Waals surface area contributed by atoms with Crippen LogP contribution in [0.25, 0.3) is 0 Å². The lowest BCUT2D eigenvalue weighted by Crippen LogP contribution is -2.37. The van der Waals surface area contributed by atoms with Crippen LogP contribution >= 0.6 is 15.9 Å². The second-order valence-corrected chi connectivity index (χ2v) is 5.63. The van der Waals surface area contributed by atoms with Gasteiger partial charge in [0.15, 0.2) is 0 Å². The van der Waals surface area contributed by atoms with E-state index < -0.39 is 0 Å². The number of hydrogen-bond acceptors (Lipinski definition) is 2. The first kappa shape index (κ1) is 13.4. The monoisotopic (exact) mass is 311 g/mol. The van der Waals surface area contributed by atoms with Gasteiger partial charge in [0.05, 0.1) is 0 Å². The first-order valence-electron chi connectivity index (χ1n) is 6.28. The van der Waals surface area contributed by atoms with Gasteiger partial charge in [0.25, 0.3) is 5.91 Å². The van der Waals surface area contributed by atoms with Crippen molar-refractivity contribution in [2.24, 2.45) is 5.41 Å². The number of halogens is 1. The fraction of sp³-hybridized carbons (Fsp3) is 0.500. The van der Waals surface area contributed by atoms with Gasteiger partial charge in [-0.15, -0.1) is 0 Å². The molecule has 2 rings (SSSR count). The molecule has 0 unspecified atom stereocenters. The zero-order valence-corrected chi connectivity index (χ0v) is 11.9. The van der Waals surface area contributed by atoms with Gasteiger partial charge in [-0.1, -0.05) is 28.8 Å². The number of carbonyl (C=O) groups is 1. The maximum atomic E-state index is 12.0. The molecule has 1 fully saturated rings. The molecule has 4 heteroatoms. The van der Waals surface area contributed by atoms with E-state index in [-0.39, 0.29) is 17.1 Å². The van der Waals surface area contributed by atoms with Gasteiger partial charge in [-0.25, -0.2) is 0 Å². The summed E-state index contributed by atoms with van der Waals surface area (Å²) in [6.45, 7) is 0.720. The van der Waals surface area contributed by atoms with Gasteiger partial charge in [-0.2, -0.15) is 0 Å². The number of carbonyl (C=O) groups excluding carboxylic acids is 1. The molecule has 98 valence electrons. The molecular weight excluding hydrogens is 294 g/mol. The number of alkyl halides is 1. The Balaban J connectivity index is 1.93. The molecule has 1 aromatic rings. The van der Waals surface area contributed by atoms with E-state index >= 15 is 0 Å². The predicted molar refractivity (Wildman–Crippen MR) is 75.1 cm³/mol. The lowest BCUT2D eigenvalue weighted by Gasteiger charge is -2.26. The molecule has 3 nitrogen and oxygen atoms in total. The summed E-state index contributed by atoms with van der Waals surface area (Å²) in [4.78, 5) is 12.0. The van der Waals surface area contributed by atoms with Crippen molar-refractivity contribution in [1.82, 2.24) is 5.32 Å². The lowest BCUT2D eigenvalue weighted by molar-refractivity contribution is 0.0935. The summed E-state index contributed by atoms with van der Waals surface area (Å²) >= 11 is 3.56. The Morgan fingerprint density at radius 1 is 1.28 bits per heavy atom. The van der Waals surface area contributed by atoms with Crippen LogP contribution in [0.3, 0.4) is 0 Å². The fourth-order valence-electron chi connectivity index (χ4n) is 2.47. The zero-order valence-electron chi connectivity index (χ0n) is 10.3. The number of amides is 1. The molecule has 0 heterocycles. The molecule has 0 aliphatic heterocycles. The summed E-state index contributed by atoms with van der Waals surface area (Å²) in [6.07, 6.45) is 4.85. The molecule has 0 saturated heterocycles. The summed E-state index contributed by atoms with van der Waals surface area (Å²) in [5.41, 5.74) is 0.822. The number of aromatic hydroxyl groups is 1. The molecule has 0 aromatic heterocycles. The summed E-state index contributed by atoms with van der Waals surface area (Å²) in [6, 6.07) is 6.34. The van der Waals surface area contributed by atoms with Gasteiger partial charge in [-0.05, 0) is 42.5 Å². The molecular formula is C14H18BrNO2. The van der Waals surface area contributed by atoms with Crippen molar-refractivity contribution in [3.8, 4) is 5.75 Å². The molecule has 0 radical (unpaired) electrons. The van der Waals surface area contributed by atoms with Crippen LogP contribution < -0.4 is 5.32 Å². The van der Waals surface area contributed by atoms with Crippen LogP contribution in [0, 0.1) is 5.41 Å². The van der Waals surface area contributed by atoms with Crippen molar-refractivity contribution in [1.29, 1.82) is 0 Å². The van der Waals surface area contributed by atoms with Crippen molar-refractivity contribution >= 4 is 21.8 Å². The van der Waals surface area contributed by atoms with Crippen LogP contribution in [0.5, 0.6) is 5.75 Å². The highest BCUT2D eigenvalue weighted by Gasteiger charge is 2.32. The molecule has 0 spiro atoms. The van der Waals surface area contributed by atoms with Crippen LogP contribution in [0.4, 0.5) is 0 Å². The second kappa shape index (κ2) is 5.74. The quantitative estimate of drug-likeness (QED) is 0.840. The highest BCUT2D eigenvalue weighted by atomic mass is 79.9. The standard InChI is InChI=1S/C14H18BrNO2/c15-9-14(7-1-2-8-14)10-16-13(18)11-3-5-12(17)6-4-11/h3-6,17H,1-2,7-10H2,(H,16,18). The maximum Gasteiger partial charge on any atom is 0.251 e. The van der Waals surface area contributed by atoms with Crippen LogP contribution in [-0.4, -0.2) is 22.9 Å². The summed E-state index contributed by atoms with van der Waals surface area (Å²) < 4.78 is 0. The number of phenols is 1. The van der Waals surface area contributed by atoms with Gasteiger partial charge in [0.2, 0.25) is 0 Å². The van der Waals surface area contributed by atoms with Crippen molar-refractivity contribution in [2.45, 2.75) is 25.7 Å². The zero-order chi connectivity index (χ0) is 13.0. The smallest absolute Gasteiger partial charge is 0.251 e. The Kier molecular flexibility index (Phi) is 4.27. The van der Waals surface area contributed by atoms with Gasteiger partial charge in [-0.3, -0.25) is 4.79 Å². The van der Waals surface area contributed by atoms with E-state index in [1.807, 2.05) is 0 Å². The van der Waals surface area contributed by atoms with Gasteiger partial charge >= 0.3 is 0 Å². The van der Waals surface area contributed by atoms with E-state index in [1.54, 1.807) is 12.1 Å². The van der Waals surface area contributed by atoms with Crippen LogP contribution in [0.1, 0.15) is 36.0 Å². The molecule has 1 aliphatic carbocycles. The van der Waals surface area contributed by atoms with E-state index in [0.29, 0.717) is 5.56 Å². The Bertz CT molecular complexity index is 410. The Morgan fingerprint density at radius 2 is 1.89 bits per heavy atom. The van der Waals surface area contributed by atoms with Crippen LogP contribution in [-0.2, 0) is 0 Å². The van der Waals surface area contributed by atoms with Crippen LogP contribution in [0.2, 0.25) is 0 Å². The molecule has 1 saturated carbocycles. The predicted octanol–water partition coefficient (Wildman–Crippen LogP) is 3.08. The molecule has 1 aromatic carbocycles. The summed E-state index contributed by atoms with van der Waals surface area (Å²) in [7, 11) is 0. The highest BCUT2D eigenvalue weighted by molar-refractivity contribution is 9.09. The topological polar surface area (TPSA) is 49.3 Å². The molecule has 2 N–H and O–H groups in total. The molecule has 0 atom stereocenters. The first-order chi connectivity index (χ1) is 8.65. The van der Waals surface area contributed by atoms with Crippen molar-refractivity contribution in [2.75, 3.05) is 11.9 Å². The third-order valence-electron chi connectivity index (χ3n) is 3.70. The normalized spacial score (nSPS) is 17.6. The van der Waals surface area contributed by atoms with Crippen LogP contribution in [0.15, 0.2) is 24.3 Å². The van der Waals surface area contributed by atoms with Gasteiger partial charge in [0.1, 0.15) is 5.75 Å². The molecule has 1 aliphatic rings. The van der Waals surface area contributed by atoms with Gasteiger partial charge in [0, 0.05) is 17.4 Å². The van der Waals surface area contributed by atoms with Crippen molar-refractivity contribution in [3.63, 3.8) is 0 Å². The fourth-order valence-corrected chi connectivity index (χ4v) is 3.22. The number of hydrogen-bond donors (Lipinski definition) is 2. The summed E-state index contributed by atoms with van der Waals surface area (Å²) in [5, 5.41) is 13.1. The minimum Gasteiger partial charge on any atom is -0.508 e. The molecule has 1 amide bonds. The average molecular weight is 312 g/mol. The number of benzene rings is 1. The molecule has 0 bridgehead atoms.